The van der Waals surface area contributed by atoms with Gasteiger partial charge >= 0.3 is 5.95 Å². The van der Waals surface area contributed by atoms with E-state index in [9.17, 15) is 4.39 Å². The van der Waals surface area contributed by atoms with Gasteiger partial charge in [0, 0.05) is 17.2 Å². The highest BCUT2D eigenvalue weighted by Crippen LogP contribution is 2.27. The summed E-state index contributed by atoms with van der Waals surface area (Å²) in [5.41, 5.74) is 2.96. The van der Waals surface area contributed by atoms with Crippen molar-refractivity contribution in [2.24, 2.45) is 0 Å². The lowest BCUT2D eigenvalue weighted by atomic mass is 10.1. The average molecular weight is 241 g/mol. The molecule has 3 aromatic rings. The number of H-pyrrole nitrogens is 2. The van der Waals surface area contributed by atoms with Crippen molar-refractivity contribution in [3.8, 4) is 22.5 Å². The number of benzene rings is 1. The third-order valence-electron chi connectivity index (χ3n) is 2.63. The first-order chi connectivity index (χ1) is 8.84. The predicted molar refractivity (Wildman–Crippen MR) is 63.8 cm³/mol. The number of pyridine rings is 1. The van der Waals surface area contributed by atoms with Gasteiger partial charge in [0.1, 0.15) is 11.4 Å². The van der Waals surface area contributed by atoms with Gasteiger partial charge in [-0.15, -0.1) is 4.39 Å². The smallest absolute Gasteiger partial charge is 0.197 e. The Morgan fingerprint density at radius 1 is 0.944 bits per heavy atom. The van der Waals surface area contributed by atoms with Gasteiger partial charge < -0.3 is 0 Å². The van der Waals surface area contributed by atoms with Crippen LogP contribution in [0, 0.1) is 5.95 Å². The predicted octanol–water partition coefficient (Wildman–Crippen LogP) is 2.09. The normalized spacial score (nSPS) is 10.5. The lowest BCUT2D eigenvalue weighted by molar-refractivity contribution is -0.421. The van der Waals surface area contributed by atoms with Gasteiger partial charge in [-0.1, -0.05) is 30.3 Å². The Balaban J connectivity index is 2.13. The molecule has 88 valence electrons. The molecule has 0 bridgehead atoms. The summed E-state index contributed by atoms with van der Waals surface area (Å²) in [6, 6.07) is 12.8. The van der Waals surface area contributed by atoms with Crippen LogP contribution in [0.5, 0.6) is 0 Å². The topological polar surface area (TPSA) is 55.7 Å². The molecule has 0 aliphatic rings. The molecule has 0 amide bonds. The van der Waals surface area contributed by atoms with Crippen molar-refractivity contribution in [3.05, 3.63) is 54.6 Å². The summed E-state index contributed by atoms with van der Waals surface area (Å²) in [6.07, 6.45) is 1.54. The summed E-state index contributed by atoms with van der Waals surface area (Å²) in [6.45, 7) is 0. The molecular formula is C13H10FN4+. The Morgan fingerprint density at radius 3 is 2.39 bits per heavy atom. The van der Waals surface area contributed by atoms with E-state index >= 15 is 0 Å². The number of nitrogens with one attached hydrogen (secondary N) is 2. The summed E-state index contributed by atoms with van der Waals surface area (Å²) >= 11 is 0. The molecule has 0 radical (unpaired) electrons. The van der Waals surface area contributed by atoms with Crippen molar-refractivity contribution in [2.45, 2.75) is 0 Å². The quantitative estimate of drug-likeness (QED) is 0.698. The standard InChI is InChI=1S/C13H9FN4/c14-11-8-10(6-7-15-11)13-12(16-18-17-13)9-4-2-1-3-5-9/h1-8H,(H,16,17,18)/p+1. The zero-order chi connectivity index (χ0) is 12.4. The van der Waals surface area contributed by atoms with Crippen LogP contribution in [-0.2, 0) is 0 Å². The summed E-state index contributed by atoms with van der Waals surface area (Å²) in [5, 5.41) is 10.8. The number of hydrogen-bond acceptors (Lipinski definition) is 2. The minimum absolute atomic E-state index is 0.408. The molecule has 0 saturated carbocycles. The highest BCUT2D eigenvalue weighted by Gasteiger charge is 2.14. The van der Waals surface area contributed by atoms with Gasteiger partial charge in [0.05, 0.1) is 6.07 Å². The van der Waals surface area contributed by atoms with Crippen molar-refractivity contribution < 1.29 is 9.37 Å². The molecule has 5 heteroatoms. The van der Waals surface area contributed by atoms with Crippen LogP contribution in [0.1, 0.15) is 0 Å². The van der Waals surface area contributed by atoms with E-state index in [1.165, 1.54) is 12.3 Å². The van der Waals surface area contributed by atoms with Crippen LogP contribution >= 0.6 is 0 Å². The van der Waals surface area contributed by atoms with E-state index in [0.717, 1.165) is 5.56 Å². The molecule has 4 nitrogen and oxygen atoms in total. The zero-order valence-corrected chi connectivity index (χ0v) is 9.39. The van der Waals surface area contributed by atoms with Gasteiger partial charge in [0.15, 0.2) is 6.20 Å². The molecule has 0 aliphatic carbocycles. The molecule has 1 aromatic carbocycles. The van der Waals surface area contributed by atoms with Crippen LogP contribution in [-0.4, -0.2) is 15.4 Å². The maximum atomic E-state index is 13.2. The van der Waals surface area contributed by atoms with Crippen molar-refractivity contribution in [2.75, 3.05) is 0 Å². The minimum Gasteiger partial charge on any atom is -0.197 e. The van der Waals surface area contributed by atoms with Gasteiger partial charge in [0.2, 0.25) is 0 Å². The molecule has 0 fully saturated rings. The van der Waals surface area contributed by atoms with E-state index in [1.54, 1.807) is 6.07 Å². The fraction of sp³-hybridized carbons (Fsp3) is 0. The van der Waals surface area contributed by atoms with Crippen molar-refractivity contribution in [1.29, 1.82) is 0 Å². The third-order valence-corrected chi connectivity index (χ3v) is 2.63. The number of hydrogen-bond donors (Lipinski definition) is 1. The van der Waals surface area contributed by atoms with Crippen LogP contribution in [0.4, 0.5) is 4.39 Å². The van der Waals surface area contributed by atoms with Gasteiger partial charge in [-0.05, 0) is 0 Å². The number of nitrogens with zero attached hydrogens (tertiary/aromatic N) is 2. The lowest BCUT2D eigenvalue weighted by Gasteiger charge is -1.99. The first kappa shape index (κ1) is 10.6. The third kappa shape index (κ3) is 1.86. The molecule has 0 spiro atoms. The highest BCUT2D eigenvalue weighted by molar-refractivity contribution is 5.76. The van der Waals surface area contributed by atoms with Gasteiger partial charge in [0.25, 0.3) is 0 Å². The van der Waals surface area contributed by atoms with E-state index in [0.29, 0.717) is 17.0 Å². The second-order valence-electron chi connectivity index (χ2n) is 3.81. The van der Waals surface area contributed by atoms with Gasteiger partial charge in [-0.2, -0.15) is 20.4 Å². The summed E-state index contributed by atoms with van der Waals surface area (Å²) in [5.74, 6) is -0.408. The monoisotopic (exact) mass is 241 g/mol. The van der Waals surface area contributed by atoms with E-state index in [4.69, 9.17) is 0 Å². The van der Waals surface area contributed by atoms with Crippen LogP contribution in [0.25, 0.3) is 22.5 Å². The number of aromatic amines is 2. The molecule has 18 heavy (non-hydrogen) atoms. The molecule has 0 aliphatic heterocycles. The Kier molecular flexibility index (Phi) is 2.57. The van der Waals surface area contributed by atoms with Crippen LogP contribution in [0.15, 0.2) is 48.7 Å². The Morgan fingerprint density at radius 2 is 1.67 bits per heavy atom. The molecule has 2 aromatic heterocycles. The average Bonchev–Trinajstić information content (AvgIpc) is 2.89. The van der Waals surface area contributed by atoms with Crippen LogP contribution < -0.4 is 4.98 Å². The highest BCUT2D eigenvalue weighted by atomic mass is 19.1. The number of rotatable bonds is 2. The van der Waals surface area contributed by atoms with Crippen LogP contribution in [0.3, 0.4) is 0 Å². The lowest BCUT2D eigenvalue weighted by Crippen LogP contribution is -2.06. The first-order valence-corrected chi connectivity index (χ1v) is 5.48. The molecule has 2 heterocycles. The molecule has 0 unspecified atom stereocenters. The maximum absolute atomic E-state index is 13.2. The SMILES string of the molecule is Fc1cc(-c2n[nH]nc2-c2ccccc2)cc[nH+]1. The second-order valence-corrected chi connectivity index (χ2v) is 3.81. The first-order valence-electron chi connectivity index (χ1n) is 5.48. The van der Waals surface area contributed by atoms with E-state index in [2.05, 4.69) is 20.4 Å². The molecule has 0 saturated heterocycles. The Labute approximate surface area is 103 Å². The van der Waals surface area contributed by atoms with Gasteiger partial charge in [-0.25, -0.2) is 0 Å². The zero-order valence-electron chi connectivity index (χ0n) is 9.39. The van der Waals surface area contributed by atoms with E-state index in [-0.39, 0.29) is 0 Å². The number of halogens is 1. The largest absolute Gasteiger partial charge is 0.358 e. The molecule has 0 atom stereocenters. The van der Waals surface area contributed by atoms with Crippen molar-refractivity contribution >= 4 is 0 Å². The van der Waals surface area contributed by atoms with Gasteiger partial charge in [-0.3, -0.25) is 0 Å². The second kappa shape index (κ2) is 4.37. The molecule has 3 rings (SSSR count). The summed E-state index contributed by atoms with van der Waals surface area (Å²) < 4.78 is 13.2. The van der Waals surface area contributed by atoms with Crippen molar-refractivity contribution in [3.63, 3.8) is 0 Å². The Bertz CT molecular complexity index is 664. The fourth-order valence-corrected chi connectivity index (χ4v) is 1.81. The van der Waals surface area contributed by atoms with E-state index in [1.807, 2.05) is 30.3 Å². The number of aromatic nitrogens is 4. The molecular weight excluding hydrogens is 231 g/mol. The minimum atomic E-state index is -0.408. The fourth-order valence-electron chi connectivity index (χ4n) is 1.81. The maximum Gasteiger partial charge on any atom is 0.358 e. The molecule has 2 N–H and O–H groups in total. The summed E-state index contributed by atoms with van der Waals surface area (Å²) in [7, 11) is 0. The summed E-state index contributed by atoms with van der Waals surface area (Å²) in [4.78, 5) is 2.47. The Hall–Kier alpha value is -2.56. The van der Waals surface area contributed by atoms with E-state index < -0.39 is 5.95 Å². The van der Waals surface area contributed by atoms with Crippen molar-refractivity contribution in [1.82, 2.24) is 15.4 Å². The van der Waals surface area contributed by atoms with Crippen LogP contribution in [0.2, 0.25) is 0 Å².